The van der Waals surface area contributed by atoms with Gasteiger partial charge >= 0.3 is 0 Å². The molecule has 25 heavy (non-hydrogen) atoms. The molecule has 0 atom stereocenters. The first-order valence-corrected chi connectivity index (χ1v) is 7.55. The van der Waals surface area contributed by atoms with Crippen molar-refractivity contribution in [2.45, 2.75) is 0 Å². The van der Waals surface area contributed by atoms with Crippen molar-refractivity contribution in [3.8, 4) is 11.5 Å². The first-order valence-electron chi connectivity index (χ1n) is 7.18. The number of carbonyl (C=O) groups is 1. The quantitative estimate of drug-likeness (QED) is 0.509. The Morgan fingerprint density at radius 3 is 2.48 bits per heavy atom. The fraction of sp³-hybridized carbons (Fsp3) is 0.118. The van der Waals surface area contributed by atoms with E-state index < -0.39 is 4.92 Å². The smallest absolute Gasteiger partial charge is 0.280 e. The highest BCUT2D eigenvalue weighted by Crippen LogP contribution is 2.39. The average molecular weight is 361 g/mol. The number of nitrogens with one attached hydrogen (secondary N) is 1. The molecule has 0 aromatic heterocycles. The number of nitro groups is 1. The highest BCUT2D eigenvalue weighted by molar-refractivity contribution is 6.36. The normalized spacial score (nSPS) is 14.2. The molecule has 1 N–H and O–H groups in total. The highest BCUT2D eigenvalue weighted by Gasteiger charge is 2.26. The number of nitro benzene ring substituents is 1. The van der Waals surface area contributed by atoms with Gasteiger partial charge < -0.3 is 14.8 Å². The van der Waals surface area contributed by atoms with Crippen LogP contribution < -0.4 is 14.8 Å². The summed E-state index contributed by atoms with van der Waals surface area (Å²) in [7, 11) is 2.82. The minimum absolute atomic E-state index is 0.194. The molecule has 7 nitrogen and oxygen atoms in total. The summed E-state index contributed by atoms with van der Waals surface area (Å²) in [5.41, 5.74) is 1.53. The first kappa shape index (κ1) is 16.8. The van der Waals surface area contributed by atoms with Gasteiger partial charge in [0.05, 0.1) is 36.5 Å². The zero-order chi connectivity index (χ0) is 18.1. The Kier molecular flexibility index (Phi) is 4.33. The van der Waals surface area contributed by atoms with Crippen molar-refractivity contribution in [3.63, 3.8) is 0 Å². The number of ether oxygens (including phenoxy) is 2. The number of benzene rings is 2. The molecule has 0 saturated carbocycles. The summed E-state index contributed by atoms with van der Waals surface area (Å²) in [6.45, 7) is 0. The van der Waals surface area contributed by atoms with Crippen LogP contribution in [0.25, 0.3) is 11.6 Å². The predicted molar refractivity (Wildman–Crippen MR) is 94.2 cm³/mol. The molecule has 2 aromatic carbocycles. The van der Waals surface area contributed by atoms with Crippen molar-refractivity contribution in [3.05, 3.63) is 56.6 Å². The number of nitrogens with zero attached hydrogens (tertiary/aromatic N) is 1. The van der Waals surface area contributed by atoms with Gasteiger partial charge in [-0.1, -0.05) is 17.7 Å². The molecular formula is C17H13ClN2O5. The van der Waals surface area contributed by atoms with Gasteiger partial charge in [-0.25, -0.2) is 0 Å². The lowest BCUT2D eigenvalue weighted by atomic mass is 10.0. The minimum Gasteiger partial charge on any atom is -0.493 e. The minimum atomic E-state index is -0.538. The fourth-order valence-electron chi connectivity index (χ4n) is 2.62. The van der Waals surface area contributed by atoms with Crippen LogP contribution >= 0.6 is 11.6 Å². The van der Waals surface area contributed by atoms with Crippen molar-refractivity contribution in [2.75, 3.05) is 19.5 Å². The number of carbonyl (C=O) groups excluding carboxylic acids is 1. The molecule has 1 heterocycles. The third-order valence-corrected chi connectivity index (χ3v) is 4.03. The lowest BCUT2D eigenvalue weighted by Gasteiger charge is -2.09. The van der Waals surface area contributed by atoms with Gasteiger partial charge in [-0.05, 0) is 24.3 Å². The Morgan fingerprint density at radius 2 is 1.84 bits per heavy atom. The molecule has 8 heteroatoms. The van der Waals surface area contributed by atoms with Crippen molar-refractivity contribution in [1.29, 1.82) is 0 Å². The predicted octanol–water partition coefficient (Wildman–Crippen LogP) is 3.76. The van der Waals surface area contributed by atoms with Crippen LogP contribution in [0.3, 0.4) is 0 Å². The van der Waals surface area contributed by atoms with E-state index in [1.807, 2.05) is 0 Å². The number of hydrogen-bond donors (Lipinski definition) is 1. The summed E-state index contributed by atoms with van der Waals surface area (Å²) < 4.78 is 10.3. The molecule has 0 bridgehead atoms. The second-order valence-corrected chi connectivity index (χ2v) is 5.66. The summed E-state index contributed by atoms with van der Waals surface area (Å²) in [5, 5.41) is 14.6. The van der Waals surface area contributed by atoms with Gasteiger partial charge in [0, 0.05) is 16.2 Å². The zero-order valence-corrected chi connectivity index (χ0v) is 14.1. The Balaban J connectivity index is 2.19. The van der Waals surface area contributed by atoms with Crippen LogP contribution in [-0.4, -0.2) is 25.1 Å². The van der Waals surface area contributed by atoms with Crippen LogP contribution in [0.1, 0.15) is 11.1 Å². The maximum Gasteiger partial charge on any atom is 0.280 e. The molecular weight excluding hydrogens is 348 g/mol. The number of rotatable bonds is 4. The molecule has 128 valence electrons. The van der Waals surface area contributed by atoms with E-state index in [9.17, 15) is 14.9 Å². The Hall–Kier alpha value is -3.06. The number of hydrogen-bond acceptors (Lipinski definition) is 5. The Labute approximate surface area is 148 Å². The van der Waals surface area contributed by atoms with E-state index in [1.165, 1.54) is 32.4 Å². The monoisotopic (exact) mass is 360 g/mol. The summed E-state index contributed by atoms with van der Waals surface area (Å²) in [6.07, 6.45) is 1.45. The molecule has 2 aromatic rings. The van der Waals surface area contributed by atoms with Gasteiger partial charge in [-0.3, -0.25) is 14.9 Å². The third kappa shape index (κ3) is 3.01. The Morgan fingerprint density at radius 1 is 1.16 bits per heavy atom. The summed E-state index contributed by atoms with van der Waals surface area (Å²) in [5.74, 6) is 0.204. The van der Waals surface area contributed by atoms with Gasteiger partial charge in [0.15, 0.2) is 11.5 Å². The van der Waals surface area contributed by atoms with Gasteiger partial charge in [0.25, 0.3) is 11.6 Å². The van der Waals surface area contributed by atoms with Gasteiger partial charge in [0.2, 0.25) is 0 Å². The fourth-order valence-corrected chi connectivity index (χ4v) is 2.80. The SMILES string of the molecule is COc1cc(C=C2C(=O)Nc3cc(Cl)ccc32)c([N+](=O)[O-])cc1OC. The lowest BCUT2D eigenvalue weighted by Crippen LogP contribution is -2.04. The molecule has 0 unspecified atom stereocenters. The second-order valence-electron chi connectivity index (χ2n) is 5.23. The number of methoxy groups -OCH3 is 2. The number of fused-ring (bicyclic) bond motifs is 1. The molecule has 0 aliphatic carbocycles. The maximum atomic E-state index is 12.3. The topological polar surface area (TPSA) is 90.7 Å². The molecule has 1 aliphatic heterocycles. The number of anilines is 1. The third-order valence-electron chi connectivity index (χ3n) is 3.79. The maximum absolute atomic E-state index is 12.3. The number of amides is 1. The zero-order valence-electron chi connectivity index (χ0n) is 13.3. The number of halogens is 1. The van der Waals surface area contributed by atoms with E-state index in [4.69, 9.17) is 21.1 Å². The van der Waals surface area contributed by atoms with Crippen LogP contribution in [-0.2, 0) is 4.79 Å². The average Bonchev–Trinajstić information content (AvgIpc) is 2.88. The standard InChI is InChI=1S/C17H13ClN2O5/c1-24-15-6-9(14(20(22)23)8-16(15)25-2)5-12-11-4-3-10(18)7-13(11)19-17(12)21/h3-8H,1-2H3,(H,19,21). The van der Waals surface area contributed by atoms with E-state index in [1.54, 1.807) is 18.2 Å². The summed E-state index contributed by atoms with van der Waals surface area (Å²) in [4.78, 5) is 23.1. The first-order chi connectivity index (χ1) is 11.9. The van der Waals surface area contributed by atoms with Crippen molar-refractivity contribution in [1.82, 2.24) is 0 Å². The Bertz CT molecular complexity index is 923. The van der Waals surface area contributed by atoms with Gasteiger partial charge in [0.1, 0.15) is 0 Å². The molecule has 1 aliphatic rings. The summed E-state index contributed by atoms with van der Waals surface area (Å²) >= 11 is 5.93. The van der Waals surface area contributed by atoms with Crippen LogP contribution in [0.2, 0.25) is 5.02 Å². The van der Waals surface area contributed by atoms with Crippen LogP contribution in [0.5, 0.6) is 11.5 Å². The second kappa shape index (κ2) is 6.45. The molecule has 0 spiro atoms. The van der Waals surface area contributed by atoms with Crippen molar-refractivity contribution >= 4 is 40.5 Å². The van der Waals surface area contributed by atoms with E-state index in [-0.39, 0.29) is 22.9 Å². The molecule has 0 radical (unpaired) electrons. The summed E-state index contributed by atoms with van der Waals surface area (Å²) in [6, 6.07) is 7.69. The molecule has 3 rings (SSSR count). The van der Waals surface area contributed by atoms with Gasteiger partial charge in [-0.2, -0.15) is 0 Å². The van der Waals surface area contributed by atoms with Crippen molar-refractivity contribution < 1.29 is 19.2 Å². The van der Waals surface area contributed by atoms with Gasteiger partial charge in [-0.15, -0.1) is 0 Å². The van der Waals surface area contributed by atoms with E-state index >= 15 is 0 Å². The van der Waals surface area contributed by atoms with Crippen molar-refractivity contribution in [2.24, 2.45) is 0 Å². The largest absolute Gasteiger partial charge is 0.493 e. The molecule has 0 saturated heterocycles. The van der Waals surface area contributed by atoms with E-state index in [0.717, 1.165) is 0 Å². The van der Waals surface area contributed by atoms with E-state index in [2.05, 4.69) is 5.32 Å². The van der Waals surface area contributed by atoms with Crippen LogP contribution in [0, 0.1) is 10.1 Å². The molecule has 0 fully saturated rings. The lowest BCUT2D eigenvalue weighted by molar-refractivity contribution is -0.385. The molecule has 1 amide bonds. The van der Waals surface area contributed by atoms with Crippen LogP contribution in [0.4, 0.5) is 11.4 Å². The highest BCUT2D eigenvalue weighted by atomic mass is 35.5. The van der Waals surface area contributed by atoms with Crippen LogP contribution in [0.15, 0.2) is 30.3 Å². The van der Waals surface area contributed by atoms with E-state index in [0.29, 0.717) is 27.6 Å².